The van der Waals surface area contributed by atoms with Crippen LogP contribution in [-0.2, 0) is 11.3 Å². The van der Waals surface area contributed by atoms with Crippen LogP contribution >= 0.6 is 0 Å². The first-order valence-corrected chi connectivity index (χ1v) is 7.11. The minimum atomic E-state index is -0.485. The summed E-state index contributed by atoms with van der Waals surface area (Å²) in [4.78, 5) is 16.6. The molecule has 0 fully saturated rings. The Morgan fingerprint density at radius 1 is 1.22 bits per heavy atom. The summed E-state index contributed by atoms with van der Waals surface area (Å²) in [5, 5.41) is 4.50. The molecule has 0 saturated carbocycles. The summed E-state index contributed by atoms with van der Waals surface area (Å²) < 4.78 is 23.6. The second-order valence-corrected chi connectivity index (χ2v) is 5.34. The fourth-order valence-corrected chi connectivity index (χ4v) is 2.37. The molecule has 0 aliphatic carbocycles. The third-order valence-electron chi connectivity index (χ3n) is 3.72. The van der Waals surface area contributed by atoms with Gasteiger partial charge in [-0.25, -0.2) is 9.18 Å². The van der Waals surface area contributed by atoms with Crippen molar-refractivity contribution in [3.05, 3.63) is 58.4 Å². The predicted molar refractivity (Wildman–Crippen MR) is 81.5 cm³/mol. The van der Waals surface area contributed by atoms with E-state index in [4.69, 9.17) is 9.26 Å². The van der Waals surface area contributed by atoms with E-state index in [1.165, 1.54) is 12.1 Å². The first-order valence-electron chi connectivity index (χ1n) is 7.11. The number of nitrogens with zero attached hydrogens (tertiary/aromatic N) is 2. The van der Waals surface area contributed by atoms with Crippen LogP contribution in [0.2, 0.25) is 0 Å². The van der Waals surface area contributed by atoms with Crippen LogP contribution in [0.25, 0.3) is 10.9 Å². The Hall–Kier alpha value is -2.76. The average molecular weight is 314 g/mol. The molecule has 0 atom stereocenters. The standard InChI is InChI=1S/C17H15FN2O3/c1-9-14(6-12-4-5-13(18)7-16(12)19-9)17(21)22-8-15-10(2)20-23-11(15)3/h4-7H,8H2,1-3H3. The zero-order chi connectivity index (χ0) is 16.6. The molecule has 0 aliphatic heterocycles. The summed E-state index contributed by atoms with van der Waals surface area (Å²) in [5.74, 6) is -0.224. The first kappa shape index (κ1) is 15.1. The second-order valence-electron chi connectivity index (χ2n) is 5.34. The Bertz CT molecular complexity index is 883. The van der Waals surface area contributed by atoms with E-state index >= 15 is 0 Å². The molecule has 23 heavy (non-hydrogen) atoms. The molecule has 118 valence electrons. The number of aromatic nitrogens is 2. The Morgan fingerprint density at radius 2 is 2.00 bits per heavy atom. The highest BCUT2D eigenvalue weighted by atomic mass is 19.1. The Labute approximate surface area is 132 Å². The Kier molecular flexibility index (Phi) is 3.82. The maximum atomic E-state index is 13.2. The van der Waals surface area contributed by atoms with Gasteiger partial charge in [0.15, 0.2) is 0 Å². The monoisotopic (exact) mass is 314 g/mol. The van der Waals surface area contributed by atoms with Crippen molar-refractivity contribution in [2.24, 2.45) is 0 Å². The summed E-state index contributed by atoms with van der Waals surface area (Å²) in [6.07, 6.45) is 0. The van der Waals surface area contributed by atoms with Crippen molar-refractivity contribution in [3.8, 4) is 0 Å². The van der Waals surface area contributed by atoms with Crippen molar-refractivity contribution >= 4 is 16.9 Å². The summed E-state index contributed by atoms with van der Waals surface area (Å²) in [5.41, 5.74) is 2.80. The number of hydrogen-bond acceptors (Lipinski definition) is 5. The fraction of sp³-hybridized carbons (Fsp3) is 0.235. The maximum absolute atomic E-state index is 13.2. The fourth-order valence-electron chi connectivity index (χ4n) is 2.37. The van der Waals surface area contributed by atoms with Gasteiger partial charge in [0, 0.05) is 11.5 Å². The molecular formula is C17H15FN2O3. The number of rotatable bonds is 3. The molecule has 0 amide bonds. The van der Waals surface area contributed by atoms with Crippen LogP contribution in [0.5, 0.6) is 0 Å². The largest absolute Gasteiger partial charge is 0.457 e. The Morgan fingerprint density at radius 3 is 2.70 bits per heavy atom. The van der Waals surface area contributed by atoms with Gasteiger partial charge >= 0.3 is 5.97 Å². The van der Waals surface area contributed by atoms with E-state index in [2.05, 4.69) is 10.1 Å². The SMILES string of the molecule is Cc1nc2cc(F)ccc2cc1C(=O)OCc1c(C)noc1C. The van der Waals surface area contributed by atoms with Gasteiger partial charge in [0.25, 0.3) is 0 Å². The first-order chi connectivity index (χ1) is 11.0. The molecule has 0 unspecified atom stereocenters. The van der Waals surface area contributed by atoms with Crippen LogP contribution in [0.3, 0.4) is 0 Å². The minimum absolute atomic E-state index is 0.0842. The van der Waals surface area contributed by atoms with Crippen LogP contribution in [0.4, 0.5) is 4.39 Å². The van der Waals surface area contributed by atoms with Crippen molar-refractivity contribution in [1.82, 2.24) is 10.1 Å². The Balaban J connectivity index is 1.86. The van der Waals surface area contributed by atoms with Crippen molar-refractivity contribution in [2.75, 3.05) is 0 Å². The molecule has 0 spiro atoms. The van der Waals surface area contributed by atoms with Gasteiger partial charge in [0.2, 0.25) is 0 Å². The van der Waals surface area contributed by atoms with Gasteiger partial charge in [-0.3, -0.25) is 4.98 Å². The van der Waals surface area contributed by atoms with Crippen molar-refractivity contribution in [2.45, 2.75) is 27.4 Å². The normalized spacial score (nSPS) is 11.0. The van der Waals surface area contributed by atoms with Crippen LogP contribution in [0.15, 0.2) is 28.8 Å². The van der Waals surface area contributed by atoms with Gasteiger partial charge < -0.3 is 9.26 Å². The van der Waals surface area contributed by atoms with Crippen LogP contribution < -0.4 is 0 Å². The number of hydrogen-bond donors (Lipinski definition) is 0. The van der Waals surface area contributed by atoms with E-state index in [-0.39, 0.29) is 12.4 Å². The van der Waals surface area contributed by atoms with Crippen molar-refractivity contribution < 1.29 is 18.4 Å². The molecule has 0 saturated heterocycles. The zero-order valence-corrected chi connectivity index (χ0v) is 13.0. The molecule has 5 nitrogen and oxygen atoms in total. The second kappa shape index (κ2) is 5.79. The molecule has 0 radical (unpaired) electrons. The van der Waals surface area contributed by atoms with Gasteiger partial charge in [-0.15, -0.1) is 0 Å². The van der Waals surface area contributed by atoms with Gasteiger partial charge in [-0.1, -0.05) is 5.16 Å². The van der Waals surface area contributed by atoms with Gasteiger partial charge in [0.1, 0.15) is 18.2 Å². The molecule has 0 bridgehead atoms. The lowest BCUT2D eigenvalue weighted by Crippen LogP contribution is -2.09. The third-order valence-corrected chi connectivity index (χ3v) is 3.72. The molecule has 0 N–H and O–H groups in total. The summed E-state index contributed by atoms with van der Waals surface area (Å²) >= 11 is 0. The lowest BCUT2D eigenvalue weighted by atomic mass is 10.1. The molecule has 0 aliphatic rings. The lowest BCUT2D eigenvalue weighted by Gasteiger charge is -2.08. The van der Waals surface area contributed by atoms with Crippen LogP contribution in [0, 0.1) is 26.6 Å². The van der Waals surface area contributed by atoms with Gasteiger partial charge in [-0.05, 0) is 39.0 Å². The van der Waals surface area contributed by atoms with Crippen molar-refractivity contribution in [1.29, 1.82) is 0 Å². The number of carbonyl (C=O) groups excluding carboxylic acids is 1. The van der Waals surface area contributed by atoms with E-state index in [1.807, 2.05) is 0 Å². The number of pyridine rings is 1. The quantitative estimate of drug-likeness (QED) is 0.690. The number of ether oxygens (including phenoxy) is 1. The molecule has 6 heteroatoms. The van der Waals surface area contributed by atoms with Crippen LogP contribution in [-0.4, -0.2) is 16.1 Å². The highest BCUT2D eigenvalue weighted by Crippen LogP contribution is 2.20. The molecule has 2 heterocycles. The third kappa shape index (κ3) is 2.92. The number of fused-ring (bicyclic) bond motifs is 1. The minimum Gasteiger partial charge on any atom is -0.457 e. The number of benzene rings is 1. The van der Waals surface area contributed by atoms with E-state index < -0.39 is 5.97 Å². The lowest BCUT2D eigenvalue weighted by molar-refractivity contribution is 0.0469. The molecule has 2 aromatic heterocycles. The van der Waals surface area contributed by atoms with Crippen LogP contribution in [0.1, 0.15) is 33.1 Å². The average Bonchev–Trinajstić information content (AvgIpc) is 2.83. The molecule has 1 aromatic carbocycles. The molecule has 3 rings (SSSR count). The van der Waals surface area contributed by atoms with E-state index in [9.17, 15) is 9.18 Å². The smallest absolute Gasteiger partial charge is 0.340 e. The molecule has 3 aromatic rings. The van der Waals surface area contributed by atoms with Gasteiger partial charge in [0.05, 0.1) is 28.0 Å². The number of halogens is 1. The van der Waals surface area contributed by atoms with Gasteiger partial charge in [-0.2, -0.15) is 0 Å². The zero-order valence-electron chi connectivity index (χ0n) is 13.0. The maximum Gasteiger partial charge on any atom is 0.340 e. The summed E-state index contributed by atoms with van der Waals surface area (Å²) in [6, 6.07) is 5.91. The molecular weight excluding hydrogens is 299 g/mol. The van der Waals surface area contributed by atoms with E-state index in [0.29, 0.717) is 33.6 Å². The van der Waals surface area contributed by atoms with E-state index in [0.717, 1.165) is 5.56 Å². The summed E-state index contributed by atoms with van der Waals surface area (Å²) in [7, 11) is 0. The number of carbonyl (C=O) groups is 1. The van der Waals surface area contributed by atoms with E-state index in [1.54, 1.807) is 32.9 Å². The highest BCUT2D eigenvalue weighted by molar-refractivity contribution is 5.95. The topological polar surface area (TPSA) is 65.2 Å². The summed E-state index contributed by atoms with van der Waals surface area (Å²) in [6.45, 7) is 5.33. The predicted octanol–water partition coefficient (Wildman–Crippen LogP) is 3.64. The highest BCUT2D eigenvalue weighted by Gasteiger charge is 2.16. The van der Waals surface area contributed by atoms with Crippen molar-refractivity contribution in [3.63, 3.8) is 0 Å². The number of esters is 1. The number of aryl methyl sites for hydroxylation is 3.